The zero-order valence-corrected chi connectivity index (χ0v) is 19.4. The van der Waals surface area contributed by atoms with Crippen molar-refractivity contribution in [2.45, 2.75) is 44.7 Å². The van der Waals surface area contributed by atoms with Crippen molar-refractivity contribution in [1.82, 2.24) is 5.32 Å². The number of hydrogen-bond donors (Lipinski definition) is 3. The molecular formula is C28H28N4O3. The SMILES string of the molecule is O=C1Nc2ccc([N+](=O)[O-])cc2C1=C(Nc1ccc(CNC2CCCCC2)cc1)c1ccccc1. The van der Waals surface area contributed by atoms with Gasteiger partial charge in [-0.05, 0) is 42.2 Å². The van der Waals surface area contributed by atoms with Crippen molar-refractivity contribution in [2.75, 3.05) is 10.6 Å². The summed E-state index contributed by atoms with van der Waals surface area (Å²) in [5, 5.41) is 21.3. The van der Waals surface area contributed by atoms with E-state index in [4.69, 9.17) is 0 Å². The predicted octanol–water partition coefficient (Wildman–Crippen LogP) is 5.95. The van der Waals surface area contributed by atoms with Crippen LogP contribution < -0.4 is 16.0 Å². The Hall–Kier alpha value is -3.97. The number of nitro benzene ring substituents is 1. The van der Waals surface area contributed by atoms with Crippen molar-refractivity contribution in [3.63, 3.8) is 0 Å². The molecule has 1 heterocycles. The maximum absolute atomic E-state index is 13.0. The van der Waals surface area contributed by atoms with Crippen molar-refractivity contribution in [2.24, 2.45) is 0 Å². The number of rotatable bonds is 7. The molecule has 0 bridgehead atoms. The van der Waals surface area contributed by atoms with Gasteiger partial charge in [0.25, 0.3) is 11.6 Å². The summed E-state index contributed by atoms with van der Waals surface area (Å²) in [5.41, 5.74) is 4.88. The highest BCUT2D eigenvalue weighted by atomic mass is 16.6. The van der Waals surface area contributed by atoms with Crippen molar-refractivity contribution < 1.29 is 9.72 Å². The van der Waals surface area contributed by atoms with Gasteiger partial charge < -0.3 is 16.0 Å². The third kappa shape index (κ3) is 5.10. The van der Waals surface area contributed by atoms with Crippen LogP contribution in [0, 0.1) is 10.1 Å². The molecule has 0 spiro atoms. The van der Waals surface area contributed by atoms with Gasteiger partial charge in [0.1, 0.15) is 0 Å². The Morgan fingerprint density at radius 3 is 2.43 bits per heavy atom. The van der Waals surface area contributed by atoms with Crippen LogP contribution in [0.25, 0.3) is 11.3 Å². The summed E-state index contributed by atoms with van der Waals surface area (Å²) in [5.74, 6) is -0.292. The first-order chi connectivity index (χ1) is 17.1. The number of amides is 1. The van der Waals surface area contributed by atoms with Crippen LogP contribution in [0.4, 0.5) is 17.1 Å². The number of nitrogens with one attached hydrogen (secondary N) is 3. The summed E-state index contributed by atoms with van der Waals surface area (Å²) in [7, 11) is 0. The van der Waals surface area contributed by atoms with Gasteiger partial charge in [-0.25, -0.2) is 0 Å². The van der Waals surface area contributed by atoms with Gasteiger partial charge in [0.2, 0.25) is 0 Å². The second-order valence-corrected chi connectivity index (χ2v) is 9.09. The molecule has 0 unspecified atom stereocenters. The normalized spacial score (nSPS) is 17.0. The van der Waals surface area contributed by atoms with Crippen LogP contribution in [0.2, 0.25) is 0 Å². The average Bonchev–Trinajstić information content (AvgIpc) is 3.22. The number of anilines is 2. The van der Waals surface area contributed by atoms with Crippen molar-refractivity contribution in [1.29, 1.82) is 0 Å². The molecule has 0 aromatic heterocycles. The molecule has 1 saturated carbocycles. The molecule has 178 valence electrons. The van der Waals surface area contributed by atoms with Gasteiger partial charge in [-0.15, -0.1) is 0 Å². The van der Waals surface area contributed by atoms with Crippen LogP contribution in [-0.2, 0) is 11.3 Å². The standard InChI is InChI=1S/C28H28N4O3/c33-28-26(24-17-23(32(34)35)15-16-25(24)31-28)27(20-7-3-1-4-8-20)30-22-13-11-19(12-14-22)18-29-21-9-5-2-6-10-21/h1,3-4,7-8,11-17,21,29-30H,2,5-6,9-10,18H2,(H,31,33). The summed E-state index contributed by atoms with van der Waals surface area (Å²) < 4.78 is 0. The van der Waals surface area contributed by atoms with Crippen molar-refractivity contribution in [3.8, 4) is 0 Å². The molecule has 0 radical (unpaired) electrons. The predicted molar refractivity (Wildman–Crippen MR) is 139 cm³/mol. The maximum Gasteiger partial charge on any atom is 0.270 e. The maximum atomic E-state index is 13.0. The van der Waals surface area contributed by atoms with Crippen molar-refractivity contribution in [3.05, 3.63) is 99.6 Å². The van der Waals surface area contributed by atoms with Gasteiger partial charge in [0.15, 0.2) is 0 Å². The molecule has 1 fully saturated rings. The fourth-order valence-corrected chi connectivity index (χ4v) is 4.82. The van der Waals surface area contributed by atoms with E-state index in [-0.39, 0.29) is 11.6 Å². The molecule has 2 aliphatic rings. The molecule has 3 aromatic rings. The van der Waals surface area contributed by atoms with Crippen LogP contribution in [0.5, 0.6) is 0 Å². The van der Waals surface area contributed by atoms with E-state index < -0.39 is 4.92 Å². The first-order valence-corrected chi connectivity index (χ1v) is 12.1. The molecule has 3 aromatic carbocycles. The van der Waals surface area contributed by atoms with E-state index in [0.29, 0.717) is 28.6 Å². The molecule has 0 saturated heterocycles. The molecule has 1 amide bonds. The molecule has 35 heavy (non-hydrogen) atoms. The van der Waals surface area contributed by atoms with Crippen LogP contribution in [0.3, 0.4) is 0 Å². The van der Waals surface area contributed by atoms with E-state index in [9.17, 15) is 14.9 Å². The Kier molecular flexibility index (Phi) is 6.59. The van der Waals surface area contributed by atoms with Gasteiger partial charge >= 0.3 is 0 Å². The summed E-state index contributed by atoms with van der Waals surface area (Å²) in [4.78, 5) is 23.9. The second kappa shape index (κ2) is 10.1. The number of nitrogens with zero attached hydrogens (tertiary/aromatic N) is 1. The van der Waals surface area contributed by atoms with E-state index >= 15 is 0 Å². The number of carbonyl (C=O) groups excluding carboxylic acids is 1. The number of nitro groups is 1. The number of fused-ring (bicyclic) bond motifs is 1. The topological polar surface area (TPSA) is 96.3 Å². The molecular weight excluding hydrogens is 440 g/mol. The Bertz CT molecular complexity index is 1260. The summed E-state index contributed by atoms with van der Waals surface area (Å²) in [6.07, 6.45) is 6.44. The lowest BCUT2D eigenvalue weighted by Gasteiger charge is -2.23. The lowest BCUT2D eigenvalue weighted by molar-refractivity contribution is -0.384. The third-order valence-electron chi connectivity index (χ3n) is 6.69. The second-order valence-electron chi connectivity index (χ2n) is 9.09. The molecule has 5 rings (SSSR count). The summed E-state index contributed by atoms with van der Waals surface area (Å²) in [6, 6.07) is 22.7. The minimum atomic E-state index is -0.448. The van der Waals surface area contributed by atoms with Crippen LogP contribution >= 0.6 is 0 Å². The first kappa shape index (κ1) is 22.8. The van der Waals surface area contributed by atoms with E-state index in [2.05, 4.69) is 28.1 Å². The Morgan fingerprint density at radius 1 is 0.971 bits per heavy atom. The lowest BCUT2D eigenvalue weighted by Crippen LogP contribution is -2.30. The molecule has 7 nitrogen and oxygen atoms in total. The minimum Gasteiger partial charge on any atom is -0.354 e. The summed E-state index contributed by atoms with van der Waals surface area (Å²) >= 11 is 0. The number of benzene rings is 3. The lowest BCUT2D eigenvalue weighted by atomic mass is 9.95. The molecule has 7 heteroatoms. The van der Waals surface area contributed by atoms with Gasteiger partial charge in [-0.2, -0.15) is 0 Å². The Balaban J connectivity index is 1.45. The van der Waals surface area contributed by atoms with Gasteiger partial charge in [0.05, 0.1) is 16.2 Å². The largest absolute Gasteiger partial charge is 0.354 e. The number of hydrogen-bond acceptors (Lipinski definition) is 5. The quantitative estimate of drug-likeness (QED) is 0.226. The first-order valence-electron chi connectivity index (χ1n) is 12.1. The average molecular weight is 469 g/mol. The highest BCUT2D eigenvalue weighted by molar-refractivity contribution is 6.37. The monoisotopic (exact) mass is 468 g/mol. The molecule has 1 aliphatic heterocycles. The van der Waals surface area contributed by atoms with Gasteiger partial charge in [-0.3, -0.25) is 14.9 Å². The highest BCUT2D eigenvalue weighted by Gasteiger charge is 2.30. The van der Waals surface area contributed by atoms with Crippen LogP contribution in [0.1, 0.15) is 48.8 Å². The van der Waals surface area contributed by atoms with E-state index in [1.807, 2.05) is 42.5 Å². The zero-order chi connectivity index (χ0) is 24.2. The molecule has 3 N–H and O–H groups in total. The Labute approximate surface area is 204 Å². The number of non-ortho nitro benzene ring substituents is 1. The van der Waals surface area contributed by atoms with Crippen LogP contribution in [-0.4, -0.2) is 16.9 Å². The minimum absolute atomic E-state index is 0.0556. The highest BCUT2D eigenvalue weighted by Crippen LogP contribution is 2.39. The van der Waals surface area contributed by atoms with E-state index in [1.54, 1.807) is 6.07 Å². The third-order valence-corrected chi connectivity index (χ3v) is 6.69. The van der Waals surface area contributed by atoms with E-state index in [0.717, 1.165) is 17.8 Å². The zero-order valence-electron chi connectivity index (χ0n) is 19.4. The molecule has 0 atom stereocenters. The van der Waals surface area contributed by atoms with Crippen LogP contribution in [0.15, 0.2) is 72.8 Å². The van der Waals surface area contributed by atoms with Gasteiger partial charge in [0, 0.05) is 41.7 Å². The van der Waals surface area contributed by atoms with Gasteiger partial charge in [-0.1, -0.05) is 61.7 Å². The fraction of sp³-hybridized carbons (Fsp3) is 0.250. The summed E-state index contributed by atoms with van der Waals surface area (Å²) in [6.45, 7) is 0.830. The Morgan fingerprint density at radius 2 is 1.71 bits per heavy atom. The fourth-order valence-electron chi connectivity index (χ4n) is 4.82. The van der Waals surface area contributed by atoms with E-state index in [1.165, 1.54) is 49.8 Å². The van der Waals surface area contributed by atoms with Crippen molar-refractivity contribution >= 4 is 34.2 Å². The smallest absolute Gasteiger partial charge is 0.270 e. The molecule has 1 aliphatic carbocycles. The number of carbonyl (C=O) groups is 1.